The second-order valence-electron chi connectivity index (χ2n) is 5.83. The van der Waals surface area contributed by atoms with Crippen LogP contribution in [0.5, 0.6) is 0 Å². The quantitative estimate of drug-likeness (QED) is 0.385. The zero-order valence-corrected chi connectivity index (χ0v) is 16.1. The smallest absolute Gasteiger partial charge is 0.343 e. The summed E-state index contributed by atoms with van der Waals surface area (Å²) in [7, 11) is 0. The van der Waals surface area contributed by atoms with E-state index in [2.05, 4.69) is 0 Å². The van der Waals surface area contributed by atoms with Gasteiger partial charge in [0.25, 0.3) is 5.56 Å². The summed E-state index contributed by atoms with van der Waals surface area (Å²) in [4.78, 5) is 49.4. The van der Waals surface area contributed by atoms with E-state index in [1.54, 1.807) is 39.0 Å². The number of nitrogens with zero attached hydrogens (tertiary/aromatic N) is 1. The van der Waals surface area contributed by atoms with Gasteiger partial charge in [-0.05, 0) is 51.0 Å². The molecule has 0 aromatic carbocycles. The summed E-state index contributed by atoms with van der Waals surface area (Å²) in [5, 5.41) is 0. The van der Waals surface area contributed by atoms with Crippen LogP contribution in [-0.4, -0.2) is 42.1 Å². The van der Waals surface area contributed by atoms with Crippen LogP contribution >= 0.6 is 0 Å². The van der Waals surface area contributed by atoms with Crippen LogP contribution in [0.3, 0.4) is 0 Å². The van der Waals surface area contributed by atoms with Crippen molar-refractivity contribution in [3.05, 3.63) is 51.9 Å². The normalized spacial score (nSPS) is 10.7. The van der Waals surface area contributed by atoms with Crippen LogP contribution in [0.1, 0.15) is 36.7 Å². The number of hydrogen-bond acceptors (Lipinski definition) is 7. The molecule has 0 atom stereocenters. The molecule has 2 heterocycles. The first kappa shape index (κ1) is 21.1. The highest BCUT2D eigenvalue weighted by Gasteiger charge is 2.31. The average molecular weight is 389 g/mol. The third kappa shape index (κ3) is 4.57. The largest absolute Gasteiger partial charge is 0.465 e. The van der Waals surface area contributed by atoms with Crippen molar-refractivity contribution in [3.8, 4) is 0 Å². The molecule has 0 aliphatic heterocycles. The number of pyridine rings is 2. The lowest BCUT2D eigenvalue weighted by Gasteiger charge is -2.16. The molecule has 0 N–H and O–H groups in total. The number of hydrogen-bond donors (Lipinski definition) is 0. The molecule has 0 aliphatic rings. The molecule has 0 saturated heterocycles. The van der Waals surface area contributed by atoms with Gasteiger partial charge in [0.1, 0.15) is 5.56 Å². The van der Waals surface area contributed by atoms with Gasteiger partial charge in [-0.2, -0.15) is 0 Å². The first-order chi connectivity index (χ1) is 13.4. The fourth-order valence-corrected chi connectivity index (χ4v) is 2.81. The first-order valence-corrected chi connectivity index (χ1v) is 9.08. The van der Waals surface area contributed by atoms with Crippen molar-refractivity contribution in [3.63, 3.8) is 0 Å². The van der Waals surface area contributed by atoms with Crippen LogP contribution in [0.4, 0.5) is 0 Å². The van der Waals surface area contributed by atoms with Gasteiger partial charge in [-0.3, -0.25) is 18.8 Å². The van der Waals surface area contributed by atoms with Gasteiger partial charge >= 0.3 is 17.9 Å². The second kappa shape index (κ2) is 9.68. The van der Waals surface area contributed by atoms with Crippen LogP contribution < -0.4 is 5.56 Å². The number of fused-ring (bicyclic) bond motifs is 1. The van der Waals surface area contributed by atoms with Gasteiger partial charge in [-0.15, -0.1) is 0 Å². The molecule has 0 aliphatic carbocycles. The molecule has 0 bridgehead atoms. The number of aromatic nitrogens is 1. The van der Waals surface area contributed by atoms with Crippen molar-refractivity contribution in [2.75, 3.05) is 19.8 Å². The highest BCUT2D eigenvalue weighted by atomic mass is 16.6. The van der Waals surface area contributed by atoms with Gasteiger partial charge in [-0.1, -0.05) is 6.07 Å². The number of carbonyl (C=O) groups is 3. The van der Waals surface area contributed by atoms with Crippen molar-refractivity contribution in [1.82, 2.24) is 4.40 Å². The van der Waals surface area contributed by atoms with Gasteiger partial charge in [0.05, 0.1) is 25.3 Å². The molecular weight excluding hydrogens is 366 g/mol. The van der Waals surface area contributed by atoms with E-state index >= 15 is 0 Å². The third-order valence-corrected chi connectivity index (χ3v) is 4.02. The topological polar surface area (TPSA) is 100 Å². The average Bonchev–Trinajstić information content (AvgIpc) is 2.68. The Labute approximate surface area is 162 Å². The molecule has 8 nitrogen and oxygen atoms in total. The molecule has 0 saturated carbocycles. The van der Waals surface area contributed by atoms with E-state index < -0.39 is 29.4 Å². The number of ether oxygens (including phenoxy) is 3. The predicted molar refractivity (Wildman–Crippen MR) is 100 cm³/mol. The predicted octanol–water partition coefficient (Wildman–Crippen LogP) is 1.76. The van der Waals surface area contributed by atoms with Gasteiger partial charge in [0.15, 0.2) is 5.92 Å². The van der Waals surface area contributed by atoms with E-state index in [0.29, 0.717) is 11.1 Å². The molecule has 8 heteroatoms. The summed E-state index contributed by atoms with van der Waals surface area (Å²) in [6, 6.07) is 6.38. The van der Waals surface area contributed by atoms with E-state index in [0.717, 1.165) is 0 Å². The van der Waals surface area contributed by atoms with E-state index in [1.807, 2.05) is 0 Å². The van der Waals surface area contributed by atoms with Crippen LogP contribution in [0, 0.1) is 5.92 Å². The molecule has 0 spiro atoms. The van der Waals surface area contributed by atoms with Gasteiger partial charge < -0.3 is 14.2 Å². The van der Waals surface area contributed by atoms with Gasteiger partial charge in [-0.25, -0.2) is 4.79 Å². The molecule has 150 valence electrons. The minimum absolute atomic E-state index is 0.0855. The molecular formula is C20H23NO7. The Morgan fingerprint density at radius 2 is 1.57 bits per heavy atom. The van der Waals surface area contributed by atoms with Crippen molar-refractivity contribution in [1.29, 1.82) is 0 Å². The highest BCUT2D eigenvalue weighted by molar-refractivity contribution is 5.96. The van der Waals surface area contributed by atoms with E-state index in [-0.39, 0.29) is 31.8 Å². The lowest BCUT2D eigenvalue weighted by Crippen LogP contribution is -2.31. The van der Waals surface area contributed by atoms with Crippen molar-refractivity contribution in [2.45, 2.75) is 27.2 Å². The fourth-order valence-electron chi connectivity index (χ4n) is 2.81. The molecule has 0 radical (unpaired) electrons. The van der Waals surface area contributed by atoms with Crippen LogP contribution in [-0.2, 0) is 30.2 Å². The Hall–Kier alpha value is -3.16. The number of rotatable bonds is 8. The molecule has 2 rings (SSSR count). The Bertz CT molecular complexity index is 914. The van der Waals surface area contributed by atoms with Gasteiger partial charge in [0.2, 0.25) is 0 Å². The molecule has 2 aromatic rings. The Kier molecular flexibility index (Phi) is 7.31. The Balaban J connectivity index is 2.58. The number of carbonyl (C=O) groups excluding carboxylic acids is 3. The number of esters is 3. The standard InChI is InChI=1S/C20H23NO7/c1-4-26-18(23)14-11-13(16-9-7-8-10-21(16)17(14)22)12-15(19(24)27-5-2)20(25)28-6-3/h7-11,15H,4-6,12H2,1-3H3. The summed E-state index contributed by atoms with van der Waals surface area (Å²) in [5.74, 6) is -3.43. The fraction of sp³-hybridized carbons (Fsp3) is 0.400. The molecule has 0 amide bonds. The van der Waals surface area contributed by atoms with E-state index in [1.165, 1.54) is 16.7 Å². The molecule has 2 aromatic heterocycles. The Morgan fingerprint density at radius 3 is 2.14 bits per heavy atom. The van der Waals surface area contributed by atoms with Crippen molar-refractivity contribution in [2.24, 2.45) is 5.92 Å². The third-order valence-electron chi connectivity index (χ3n) is 4.02. The minimum Gasteiger partial charge on any atom is -0.465 e. The minimum atomic E-state index is -1.21. The first-order valence-electron chi connectivity index (χ1n) is 9.08. The maximum absolute atomic E-state index is 12.6. The summed E-state index contributed by atoms with van der Waals surface area (Å²) in [6.07, 6.45) is 1.42. The van der Waals surface area contributed by atoms with Crippen LogP contribution in [0.15, 0.2) is 35.3 Å². The lowest BCUT2D eigenvalue weighted by atomic mass is 9.97. The van der Waals surface area contributed by atoms with E-state index in [4.69, 9.17) is 14.2 Å². The van der Waals surface area contributed by atoms with Crippen LogP contribution in [0.2, 0.25) is 0 Å². The highest BCUT2D eigenvalue weighted by Crippen LogP contribution is 2.19. The molecule has 28 heavy (non-hydrogen) atoms. The maximum Gasteiger partial charge on any atom is 0.343 e. The summed E-state index contributed by atoms with van der Waals surface area (Å²) in [5.41, 5.74) is 0.210. The summed E-state index contributed by atoms with van der Waals surface area (Å²) >= 11 is 0. The molecule has 0 fully saturated rings. The van der Waals surface area contributed by atoms with Crippen molar-refractivity contribution >= 4 is 23.4 Å². The SMILES string of the molecule is CCOC(=O)c1cc(CC(C(=O)OCC)C(=O)OCC)c2ccccn2c1=O. The van der Waals surface area contributed by atoms with Crippen molar-refractivity contribution < 1.29 is 28.6 Å². The maximum atomic E-state index is 12.6. The zero-order valence-electron chi connectivity index (χ0n) is 16.1. The van der Waals surface area contributed by atoms with Gasteiger partial charge in [0, 0.05) is 6.20 Å². The zero-order chi connectivity index (χ0) is 20.7. The van der Waals surface area contributed by atoms with Crippen LogP contribution in [0.25, 0.3) is 5.52 Å². The summed E-state index contributed by atoms with van der Waals surface area (Å²) in [6.45, 7) is 5.23. The monoisotopic (exact) mass is 389 g/mol. The lowest BCUT2D eigenvalue weighted by molar-refractivity contribution is -0.161. The second-order valence-corrected chi connectivity index (χ2v) is 5.83. The summed E-state index contributed by atoms with van der Waals surface area (Å²) < 4.78 is 16.2. The Morgan fingerprint density at radius 1 is 0.964 bits per heavy atom. The van der Waals surface area contributed by atoms with E-state index in [9.17, 15) is 19.2 Å². The molecule has 0 unspecified atom stereocenters.